The summed E-state index contributed by atoms with van der Waals surface area (Å²) in [6.07, 6.45) is 9.40. The van der Waals surface area contributed by atoms with Crippen molar-refractivity contribution >= 4 is 13.5 Å². The molecule has 6 heteroatoms. The molecule has 0 heterocycles. The monoisotopic (exact) mass is 305 g/mol. The topological polar surface area (TPSA) is 77.8 Å². The van der Waals surface area contributed by atoms with E-state index in [0.717, 1.165) is 51.5 Å². The van der Waals surface area contributed by atoms with Gasteiger partial charge in [-0.3, -0.25) is 9.36 Å². The van der Waals surface area contributed by atoms with Crippen molar-refractivity contribution in [1.29, 1.82) is 0 Å². The van der Waals surface area contributed by atoms with E-state index in [1.165, 1.54) is 6.08 Å². The molecule has 0 aromatic carbocycles. The van der Waals surface area contributed by atoms with Crippen molar-refractivity contribution in [2.75, 3.05) is 19.8 Å². The molecule has 0 atom stereocenters. The van der Waals surface area contributed by atoms with E-state index in [-0.39, 0.29) is 12.1 Å². The molecular weight excluding hydrogens is 277 g/mol. The summed E-state index contributed by atoms with van der Waals surface area (Å²) in [5.41, 5.74) is 0. The van der Waals surface area contributed by atoms with Crippen molar-refractivity contribution in [1.82, 2.24) is 4.90 Å². The lowest BCUT2D eigenvalue weighted by Crippen LogP contribution is -2.25. The molecule has 0 spiro atoms. The number of amides is 1. The maximum atomic E-state index is 11.2. The fraction of sp³-hybridized carbons (Fsp3) is 0.786. The van der Waals surface area contributed by atoms with E-state index in [2.05, 4.69) is 6.58 Å². The third kappa shape index (κ3) is 12.4. The smallest absolute Gasteiger partial charge is 0.325 e. The second kappa shape index (κ2) is 11.1. The zero-order valence-corrected chi connectivity index (χ0v) is 13.4. The van der Waals surface area contributed by atoms with Gasteiger partial charge in [0.1, 0.15) is 0 Å². The molecule has 0 rings (SSSR count). The lowest BCUT2D eigenvalue weighted by molar-refractivity contribution is -0.124. The summed E-state index contributed by atoms with van der Waals surface area (Å²) < 4.78 is 10.6. The molecule has 0 aromatic heterocycles. The van der Waals surface area contributed by atoms with Crippen LogP contribution in [0.25, 0.3) is 0 Å². The van der Waals surface area contributed by atoms with Gasteiger partial charge >= 0.3 is 7.60 Å². The summed E-state index contributed by atoms with van der Waals surface area (Å²) in [5.74, 6) is -0.0324. The Bertz CT molecular complexity index is 327. The molecule has 5 nitrogen and oxygen atoms in total. The molecule has 0 radical (unpaired) electrons. The molecule has 118 valence electrons. The highest BCUT2D eigenvalue weighted by molar-refractivity contribution is 7.51. The van der Waals surface area contributed by atoms with E-state index >= 15 is 0 Å². The van der Waals surface area contributed by atoms with Crippen LogP contribution in [0, 0.1) is 0 Å². The average molecular weight is 305 g/mol. The zero-order valence-electron chi connectivity index (χ0n) is 12.5. The predicted molar refractivity (Wildman–Crippen MR) is 81.7 cm³/mol. The fourth-order valence-electron chi connectivity index (χ4n) is 1.99. The van der Waals surface area contributed by atoms with Crippen molar-refractivity contribution in [3.63, 3.8) is 0 Å². The Balaban J connectivity index is 3.27. The standard InChI is InChI=1S/C14H28NO4P/c1-3-14(16)15(2)12-10-8-6-4-5-7-9-11-13-20(17,18)19/h3H,1,4-13H2,2H3,(H2,17,18,19). The fourth-order valence-corrected chi connectivity index (χ4v) is 2.63. The van der Waals surface area contributed by atoms with Gasteiger partial charge in [0.05, 0.1) is 0 Å². The van der Waals surface area contributed by atoms with Crippen molar-refractivity contribution in [3.05, 3.63) is 12.7 Å². The van der Waals surface area contributed by atoms with Gasteiger partial charge < -0.3 is 14.7 Å². The molecule has 0 unspecified atom stereocenters. The average Bonchev–Trinajstić information content (AvgIpc) is 2.38. The second-order valence-electron chi connectivity index (χ2n) is 5.18. The summed E-state index contributed by atoms with van der Waals surface area (Å²) in [6.45, 7) is 4.22. The molecule has 20 heavy (non-hydrogen) atoms. The summed E-state index contributed by atoms with van der Waals surface area (Å²) >= 11 is 0. The van der Waals surface area contributed by atoms with Gasteiger partial charge in [-0.2, -0.15) is 0 Å². The largest absolute Gasteiger partial charge is 0.342 e. The van der Waals surface area contributed by atoms with Crippen molar-refractivity contribution in [2.24, 2.45) is 0 Å². The van der Waals surface area contributed by atoms with Crippen LogP contribution in [0.15, 0.2) is 12.7 Å². The van der Waals surface area contributed by atoms with Crippen molar-refractivity contribution in [3.8, 4) is 0 Å². The first-order valence-corrected chi connectivity index (χ1v) is 9.08. The van der Waals surface area contributed by atoms with Crippen LogP contribution in [-0.4, -0.2) is 40.3 Å². The van der Waals surface area contributed by atoms with Crippen molar-refractivity contribution in [2.45, 2.75) is 51.4 Å². The maximum absolute atomic E-state index is 11.2. The molecular formula is C14H28NO4P. The van der Waals surface area contributed by atoms with E-state index in [1.807, 2.05) is 0 Å². The molecule has 0 saturated carbocycles. The van der Waals surface area contributed by atoms with E-state index in [1.54, 1.807) is 11.9 Å². The van der Waals surface area contributed by atoms with Gasteiger partial charge in [0.25, 0.3) is 0 Å². The lowest BCUT2D eigenvalue weighted by Gasteiger charge is -2.14. The number of carbonyl (C=O) groups excluding carboxylic acids is 1. The summed E-state index contributed by atoms with van der Waals surface area (Å²) in [4.78, 5) is 30.3. The zero-order chi connectivity index (χ0) is 15.4. The van der Waals surface area contributed by atoms with Crippen LogP contribution in [0.5, 0.6) is 0 Å². The van der Waals surface area contributed by atoms with E-state index < -0.39 is 7.60 Å². The Morgan fingerprint density at radius 1 is 1.05 bits per heavy atom. The van der Waals surface area contributed by atoms with Crippen LogP contribution < -0.4 is 0 Å². The summed E-state index contributed by atoms with van der Waals surface area (Å²) in [6, 6.07) is 0. The first-order chi connectivity index (χ1) is 9.37. The minimum absolute atomic E-state index is 0.0106. The highest BCUT2D eigenvalue weighted by atomic mass is 31.2. The third-order valence-electron chi connectivity index (χ3n) is 3.24. The van der Waals surface area contributed by atoms with E-state index in [4.69, 9.17) is 9.79 Å². The number of rotatable bonds is 12. The van der Waals surface area contributed by atoms with E-state index in [0.29, 0.717) is 6.42 Å². The summed E-state index contributed by atoms with van der Waals surface area (Å²) in [5, 5.41) is 0. The van der Waals surface area contributed by atoms with Gasteiger partial charge in [-0.15, -0.1) is 0 Å². The molecule has 0 bridgehead atoms. The number of hydrogen-bond acceptors (Lipinski definition) is 2. The molecule has 0 aromatic rings. The molecule has 1 amide bonds. The second-order valence-corrected chi connectivity index (χ2v) is 6.96. The predicted octanol–water partition coefficient (Wildman–Crippen LogP) is 2.93. The van der Waals surface area contributed by atoms with Gasteiger partial charge in [-0.05, 0) is 18.9 Å². The van der Waals surface area contributed by atoms with Crippen molar-refractivity contribution < 1.29 is 19.1 Å². The van der Waals surface area contributed by atoms with Gasteiger partial charge in [-0.1, -0.05) is 45.1 Å². The normalized spacial score (nSPS) is 11.3. The number of unbranched alkanes of at least 4 members (excludes halogenated alkanes) is 7. The summed E-state index contributed by atoms with van der Waals surface area (Å²) in [7, 11) is -2.01. The minimum atomic E-state index is -3.80. The first kappa shape index (κ1) is 19.4. The molecule has 0 aliphatic heterocycles. The molecule has 0 aliphatic carbocycles. The highest BCUT2D eigenvalue weighted by Gasteiger charge is 2.10. The number of carbonyl (C=O) groups is 1. The Morgan fingerprint density at radius 3 is 1.95 bits per heavy atom. The van der Waals surface area contributed by atoms with Crippen LogP contribution in [0.1, 0.15) is 51.4 Å². The Hall–Kier alpha value is -0.640. The van der Waals surface area contributed by atoms with Crippen LogP contribution in [-0.2, 0) is 9.36 Å². The van der Waals surface area contributed by atoms with Gasteiger partial charge in [0.15, 0.2) is 0 Å². The quantitative estimate of drug-likeness (QED) is 0.330. The molecule has 2 N–H and O–H groups in total. The van der Waals surface area contributed by atoms with Crippen LogP contribution in [0.3, 0.4) is 0 Å². The number of nitrogens with zero attached hydrogens (tertiary/aromatic N) is 1. The number of likely N-dealkylation sites (N-methyl/N-ethyl adjacent to an activating group) is 1. The Kier molecular flexibility index (Phi) is 10.7. The lowest BCUT2D eigenvalue weighted by atomic mass is 10.1. The van der Waals surface area contributed by atoms with Gasteiger partial charge in [-0.25, -0.2) is 0 Å². The highest BCUT2D eigenvalue weighted by Crippen LogP contribution is 2.35. The maximum Gasteiger partial charge on any atom is 0.325 e. The Labute approximate surface area is 122 Å². The van der Waals surface area contributed by atoms with Gasteiger partial charge in [0.2, 0.25) is 5.91 Å². The number of hydrogen-bond donors (Lipinski definition) is 2. The van der Waals surface area contributed by atoms with Crippen LogP contribution in [0.2, 0.25) is 0 Å². The minimum Gasteiger partial charge on any atom is -0.342 e. The van der Waals surface area contributed by atoms with Crippen LogP contribution in [0.4, 0.5) is 0 Å². The van der Waals surface area contributed by atoms with Gasteiger partial charge in [0, 0.05) is 19.8 Å². The molecule has 0 fully saturated rings. The first-order valence-electron chi connectivity index (χ1n) is 7.29. The Morgan fingerprint density at radius 2 is 1.50 bits per heavy atom. The molecule has 0 saturated heterocycles. The van der Waals surface area contributed by atoms with E-state index in [9.17, 15) is 9.36 Å². The SMILES string of the molecule is C=CC(=O)N(C)CCCCCCCCCCP(=O)(O)O. The third-order valence-corrected chi connectivity index (χ3v) is 4.14. The molecule has 0 aliphatic rings. The van der Waals surface area contributed by atoms with Crippen LogP contribution >= 0.6 is 7.60 Å².